The summed E-state index contributed by atoms with van der Waals surface area (Å²) in [7, 11) is 0. The van der Waals surface area contributed by atoms with Crippen molar-refractivity contribution in [3.8, 4) is 0 Å². The first-order valence-corrected chi connectivity index (χ1v) is 11.2. The fraction of sp³-hybridized carbons (Fsp3) is 0. The maximum atomic E-state index is 10.4. The summed E-state index contributed by atoms with van der Waals surface area (Å²) in [6, 6.07) is 16.7. The summed E-state index contributed by atoms with van der Waals surface area (Å²) in [5, 5.41) is 41.1. The molecule has 0 unspecified atom stereocenters. The molecule has 14 N–H and O–H groups in total. The van der Waals surface area contributed by atoms with E-state index in [4.69, 9.17) is 11.5 Å². The number of amides is 2. The third kappa shape index (κ3) is 18.6. The third-order valence-corrected chi connectivity index (χ3v) is 4.53. The minimum Gasteiger partial charge on any atom is -0.545 e. The normalized spacial score (nSPS) is 8.17. The summed E-state index contributed by atoms with van der Waals surface area (Å²) in [5.74, 6) is -3.96. The van der Waals surface area contributed by atoms with Gasteiger partial charge in [-0.3, -0.25) is 39.8 Å². The van der Waals surface area contributed by atoms with E-state index in [1.807, 2.05) is 0 Å². The average molecular weight is 763 g/mol. The Morgan fingerprint density at radius 2 is 0.872 bits per heavy atom. The van der Waals surface area contributed by atoms with Gasteiger partial charge in [0.1, 0.15) is 0 Å². The zero-order valence-electron chi connectivity index (χ0n) is 24.1. The predicted molar refractivity (Wildman–Crippen MR) is 157 cm³/mol. The first-order chi connectivity index (χ1) is 19.9. The minimum atomic E-state index is -1.54. The molecule has 20 nitrogen and oxygen atoms in total. The van der Waals surface area contributed by atoms with Gasteiger partial charge < -0.3 is 53.2 Å². The molecule has 2 aromatic heterocycles. The molecule has 0 saturated carbocycles. The number of nitro groups is 2. The molecule has 4 aromatic rings. The van der Waals surface area contributed by atoms with Crippen LogP contribution in [-0.4, -0.2) is 54.5 Å². The van der Waals surface area contributed by atoms with Crippen molar-refractivity contribution in [2.45, 2.75) is 0 Å². The van der Waals surface area contributed by atoms with Crippen molar-refractivity contribution in [2.75, 3.05) is 0 Å². The van der Waals surface area contributed by atoms with E-state index in [1.54, 1.807) is 36.7 Å². The zero-order chi connectivity index (χ0) is 31.7. The van der Waals surface area contributed by atoms with Gasteiger partial charge in [-0.25, -0.2) is 0 Å². The number of rotatable bonds is 6. The molecule has 47 heavy (non-hydrogen) atoms. The van der Waals surface area contributed by atoms with Crippen LogP contribution in [0.5, 0.6) is 0 Å². The number of nitrogens with two attached hydrogens (primary N) is 2. The number of nitrogens with zero attached hydrogens (tertiary/aromatic N) is 4. The van der Waals surface area contributed by atoms with Crippen LogP contribution in [-0.2, 0) is 38.3 Å². The summed E-state index contributed by atoms with van der Waals surface area (Å²) in [5.41, 5.74) is 9.06. The molecule has 2 aromatic carbocycles. The minimum absolute atomic E-state index is 0. The molecular weight excluding hydrogens is 733 g/mol. The number of carboxylic acids is 2. The molecule has 0 aliphatic heterocycles. The SMILES string of the molecule is NC(=O)c1cccnc1.NC(=O)c1cccnc1.O.O.O=C([O-])c1ccccc1[N+](=O)[O-].O=C([O-])c1ccccc1[N+](=O)[O-].[Cd+2].[OH3+].[OH3+]. The largest absolute Gasteiger partial charge is 2.00 e. The molecule has 0 bridgehead atoms. The van der Waals surface area contributed by atoms with Gasteiger partial charge >= 0.3 is 27.3 Å². The zero-order valence-corrected chi connectivity index (χ0v) is 28.2. The maximum absolute atomic E-state index is 10.4. The summed E-state index contributed by atoms with van der Waals surface area (Å²) in [4.78, 5) is 67.8. The van der Waals surface area contributed by atoms with E-state index in [0.717, 1.165) is 24.3 Å². The summed E-state index contributed by atoms with van der Waals surface area (Å²) in [6.45, 7) is 0. The number of benzene rings is 2. The number of carbonyl (C=O) groups is 4. The Labute approximate surface area is 284 Å². The molecule has 0 aliphatic carbocycles. The van der Waals surface area contributed by atoms with Gasteiger partial charge in [-0.15, -0.1) is 0 Å². The van der Waals surface area contributed by atoms with E-state index in [0.29, 0.717) is 11.1 Å². The molecule has 248 valence electrons. The van der Waals surface area contributed by atoms with Gasteiger partial charge in [0, 0.05) is 36.9 Å². The van der Waals surface area contributed by atoms with Crippen LogP contribution < -0.4 is 21.7 Å². The van der Waals surface area contributed by atoms with E-state index >= 15 is 0 Å². The second kappa shape index (κ2) is 26.6. The van der Waals surface area contributed by atoms with Crippen LogP contribution in [0.2, 0.25) is 0 Å². The maximum Gasteiger partial charge on any atom is 2.00 e. The number of aromatic nitrogens is 2. The third-order valence-electron chi connectivity index (χ3n) is 4.53. The Morgan fingerprint density at radius 3 is 1.04 bits per heavy atom. The number of aromatic carboxylic acids is 2. The number of hydrogen-bond donors (Lipinski definition) is 2. The Bertz CT molecular complexity index is 1380. The van der Waals surface area contributed by atoms with Crippen LogP contribution in [0, 0.1) is 20.2 Å². The summed E-state index contributed by atoms with van der Waals surface area (Å²) >= 11 is 0. The number of carboxylic acid groups (broad SMARTS) is 2. The Morgan fingerprint density at radius 1 is 0.574 bits per heavy atom. The van der Waals surface area contributed by atoms with Gasteiger partial charge in [0.2, 0.25) is 11.8 Å². The number of para-hydroxylation sites is 2. The molecule has 0 radical (unpaired) electrons. The van der Waals surface area contributed by atoms with Gasteiger partial charge in [0.25, 0.3) is 11.4 Å². The standard InChI is InChI=1S/2C7H5NO4.2C6H6N2O.Cd.4H2O/c2*9-7(10)5-3-1-2-4-6(5)8(11)12;2*7-6(9)5-2-1-3-8-4-5;;;;;/h2*1-4H,(H,9,10);2*1-4H,(H2,7,9);;4*1H2/q;;;;+2;;;;. The second-order valence-electron chi connectivity index (χ2n) is 7.34. The molecule has 0 fully saturated rings. The number of hydrogen-bond acceptors (Lipinski definition) is 12. The van der Waals surface area contributed by atoms with Crippen molar-refractivity contribution >= 4 is 35.1 Å². The Balaban J connectivity index is -0.000000162. The average Bonchev–Trinajstić information content (AvgIpc) is 2.99. The summed E-state index contributed by atoms with van der Waals surface area (Å²) < 4.78 is 0. The van der Waals surface area contributed by atoms with Crippen molar-refractivity contribution in [1.82, 2.24) is 9.97 Å². The van der Waals surface area contributed by atoms with Gasteiger partial charge in [0.15, 0.2) is 0 Å². The van der Waals surface area contributed by atoms with E-state index in [9.17, 15) is 49.6 Å². The van der Waals surface area contributed by atoms with Crippen molar-refractivity contribution in [3.05, 3.63) is 140 Å². The van der Waals surface area contributed by atoms with Gasteiger partial charge in [0.05, 0.1) is 44.0 Å². The number of carbonyl (C=O) groups excluding carboxylic acids is 4. The van der Waals surface area contributed by atoms with E-state index < -0.39 is 56.1 Å². The quantitative estimate of drug-likeness (QED) is 0.0848. The number of primary amides is 2. The van der Waals surface area contributed by atoms with Gasteiger partial charge in [-0.05, 0) is 36.4 Å². The van der Waals surface area contributed by atoms with E-state index in [1.165, 1.54) is 36.7 Å². The van der Waals surface area contributed by atoms with Crippen molar-refractivity contribution in [3.63, 3.8) is 0 Å². The van der Waals surface area contributed by atoms with Crippen LogP contribution in [0.15, 0.2) is 97.6 Å². The first kappa shape index (κ1) is 50.8. The molecule has 0 spiro atoms. The predicted octanol–water partition coefficient (Wildman–Crippen LogP) is -3.22. The molecule has 21 heteroatoms. The molecule has 0 atom stereocenters. The molecular formula is C26H30CdN6O14+2. The van der Waals surface area contributed by atoms with Crippen LogP contribution in [0.3, 0.4) is 0 Å². The van der Waals surface area contributed by atoms with E-state index in [2.05, 4.69) is 9.97 Å². The number of pyridine rings is 2. The molecule has 0 saturated heterocycles. The van der Waals surface area contributed by atoms with Crippen LogP contribution in [0.1, 0.15) is 41.4 Å². The second-order valence-corrected chi connectivity index (χ2v) is 7.34. The topological polar surface area (TPSA) is 407 Å². The van der Waals surface area contributed by atoms with Crippen molar-refractivity contribution in [2.24, 2.45) is 11.5 Å². The van der Waals surface area contributed by atoms with Crippen LogP contribution in [0.25, 0.3) is 0 Å². The van der Waals surface area contributed by atoms with Gasteiger partial charge in [-0.1, -0.05) is 24.3 Å². The first-order valence-electron chi connectivity index (χ1n) is 11.2. The van der Waals surface area contributed by atoms with Crippen molar-refractivity contribution < 1.29 is 88.4 Å². The fourth-order valence-electron chi connectivity index (χ4n) is 2.63. The Hall–Kier alpha value is -5.82. The monoisotopic (exact) mass is 764 g/mol. The van der Waals surface area contributed by atoms with Crippen molar-refractivity contribution in [1.29, 1.82) is 0 Å². The smallest absolute Gasteiger partial charge is 0.545 e. The molecule has 2 amide bonds. The van der Waals surface area contributed by atoms with Crippen LogP contribution >= 0.6 is 0 Å². The molecule has 0 aliphatic rings. The van der Waals surface area contributed by atoms with Gasteiger partial charge in [-0.2, -0.15) is 0 Å². The van der Waals surface area contributed by atoms with Crippen LogP contribution in [0.4, 0.5) is 11.4 Å². The Kier molecular flexibility index (Phi) is 28.7. The molecule has 2 heterocycles. The van der Waals surface area contributed by atoms with E-state index in [-0.39, 0.29) is 49.2 Å². The fourth-order valence-corrected chi connectivity index (χ4v) is 2.63. The summed E-state index contributed by atoms with van der Waals surface area (Å²) in [6.07, 6.45) is 6.05. The number of nitro benzene ring substituents is 2. The molecule has 4 rings (SSSR count).